The van der Waals surface area contributed by atoms with Crippen LogP contribution in [0.5, 0.6) is 0 Å². The molecule has 1 fully saturated rings. The van der Waals surface area contributed by atoms with Crippen LogP contribution in [0.4, 0.5) is 5.82 Å². The molecule has 0 saturated carbocycles. The van der Waals surface area contributed by atoms with Crippen LogP contribution in [0, 0.1) is 11.3 Å². The minimum atomic E-state index is 0.239. The molecule has 1 aliphatic heterocycles. The number of rotatable bonds is 10. The number of likely N-dealkylation sites (N-methyl/N-ethyl adjacent to an activating group) is 1. The van der Waals surface area contributed by atoms with Gasteiger partial charge in [-0.05, 0) is 55.0 Å². The lowest BCUT2D eigenvalue weighted by molar-refractivity contribution is -0.955. The van der Waals surface area contributed by atoms with Crippen LogP contribution < -0.4 is 4.90 Å². The van der Waals surface area contributed by atoms with E-state index < -0.39 is 0 Å². The maximum Gasteiger partial charge on any atom is 0.170 e. The molecule has 3 aromatic carbocycles. The Morgan fingerprint density at radius 2 is 1.53 bits per heavy atom. The lowest BCUT2D eigenvalue weighted by Crippen LogP contribution is -2.66. The number of H-pyrrole nitrogens is 1. The van der Waals surface area contributed by atoms with Crippen LogP contribution in [0.1, 0.15) is 54.4 Å². The highest BCUT2D eigenvalue weighted by atomic mass is 15.5. The van der Waals surface area contributed by atoms with Gasteiger partial charge in [-0.25, -0.2) is 4.98 Å². The molecule has 2 heterocycles. The number of quaternary nitrogens is 1. The molecule has 5 nitrogen and oxygen atoms in total. The van der Waals surface area contributed by atoms with Crippen molar-refractivity contribution in [1.29, 1.82) is 5.26 Å². The quantitative estimate of drug-likeness (QED) is 0.251. The van der Waals surface area contributed by atoms with Gasteiger partial charge in [-0.2, -0.15) is 5.26 Å². The fraction of sp³-hybridized carbons (Fsp3) is 0.333. The summed E-state index contributed by atoms with van der Waals surface area (Å²) in [6.07, 6.45) is 8.66. The predicted molar refractivity (Wildman–Crippen MR) is 154 cm³/mol. The Balaban J connectivity index is 1.60. The normalized spacial score (nSPS) is 15.6. The summed E-state index contributed by atoms with van der Waals surface area (Å²) in [5, 5.41) is 9.35. The number of aromatic nitrogens is 2. The molecule has 1 atom stereocenters. The second-order valence-corrected chi connectivity index (χ2v) is 10.5. The van der Waals surface area contributed by atoms with Crippen LogP contribution in [0.2, 0.25) is 0 Å². The first-order valence-electron chi connectivity index (χ1n) is 13.9. The molecule has 5 heteroatoms. The van der Waals surface area contributed by atoms with Crippen molar-refractivity contribution in [2.75, 3.05) is 31.1 Å². The van der Waals surface area contributed by atoms with Crippen molar-refractivity contribution in [3.63, 3.8) is 0 Å². The standard InChI is InChI=1S/C33H38N5/c1-2-37(32-24-35-26-36-32)33(22-27-16-18-28(23-34)19-17-27)38(20-10-5-11-21-38)25-31(29-12-6-3-7-13-29)30-14-8-4-9-15-30/h3-4,6-9,12-19,24,26,31,33H,2,5,10-11,20-22,25H2,1H3,(H,35,36)/q+1. The fourth-order valence-corrected chi connectivity index (χ4v) is 6.35. The van der Waals surface area contributed by atoms with E-state index in [-0.39, 0.29) is 6.17 Å². The van der Waals surface area contributed by atoms with Crippen LogP contribution in [-0.2, 0) is 6.42 Å². The van der Waals surface area contributed by atoms with Crippen LogP contribution in [0.3, 0.4) is 0 Å². The van der Waals surface area contributed by atoms with E-state index in [9.17, 15) is 5.26 Å². The Bertz CT molecular complexity index is 1250. The zero-order valence-electron chi connectivity index (χ0n) is 22.3. The van der Waals surface area contributed by atoms with E-state index in [0.29, 0.717) is 11.5 Å². The lowest BCUT2D eigenvalue weighted by atomic mass is 9.88. The number of likely N-dealkylation sites (tertiary alicyclic amines) is 1. The summed E-state index contributed by atoms with van der Waals surface area (Å²) >= 11 is 0. The number of nitriles is 1. The molecule has 0 bridgehead atoms. The molecule has 0 spiro atoms. The van der Waals surface area contributed by atoms with Crippen LogP contribution in [0.25, 0.3) is 0 Å². The number of hydrogen-bond acceptors (Lipinski definition) is 3. The monoisotopic (exact) mass is 504 g/mol. The molecule has 5 rings (SSSR count). The number of piperidine rings is 1. The maximum atomic E-state index is 9.35. The van der Waals surface area contributed by atoms with Crippen LogP contribution in [0.15, 0.2) is 97.5 Å². The van der Waals surface area contributed by atoms with E-state index in [2.05, 4.69) is 101 Å². The average molecular weight is 505 g/mol. The van der Waals surface area contributed by atoms with Crippen molar-refractivity contribution in [3.8, 4) is 6.07 Å². The number of nitrogens with one attached hydrogen (secondary N) is 1. The van der Waals surface area contributed by atoms with E-state index in [1.807, 2.05) is 18.3 Å². The Morgan fingerprint density at radius 3 is 2.05 bits per heavy atom. The highest BCUT2D eigenvalue weighted by Gasteiger charge is 2.44. The number of nitrogens with zero attached hydrogens (tertiary/aromatic N) is 4. The van der Waals surface area contributed by atoms with Gasteiger partial charge in [0.15, 0.2) is 6.17 Å². The third-order valence-corrected chi connectivity index (χ3v) is 8.28. The Hall–Kier alpha value is -3.88. The Kier molecular flexibility index (Phi) is 8.21. The summed E-state index contributed by atoms with van der Waals surface area (Å²) in [6, 6.07) is 32.5. The summed E-state index contributed by atoms with van der Waals surface area (Å²) in [7, 11) is 0. The second kappa shape index (κ2) is 12.1. The summed E-state index contributed by atoms with van der Waals surface area (Å²) in [5.74, 6) is 1.38. The zero-order valence-corrected chi connectivity index (χ0v) is 22.3. The summed E-state index contributed by atoms with van der Waals surface area (Å²) in [5.41, 5.74) is 4.74. The molecule has 1 aliphatic rings. The molecule has 0 aliphatic carbocycles. The topological polar surface area (TPSA) is 55.7 Å². The van der Waals surface area contributed by atoms with Crippen molar-refractivity contribution in [3.05, 3.63) is 120 Å². The smallest absolute Gasteiger partial charge is 0.170 e. The summed E-state index contributed by atoms with van der Waals surface area (Å²) < 4.78 is 1.03. The number of imidazole rings is 1. The second-order valence-electron chi connectivity index (χ2n) is 10.5. The van der Waals surface area contributed by atoms with Crippen molar-refractivity contribution < 1.29 is 4.48 Å². The van der Waals surface area contributed by atoms with Crippen LogP contribution in [-0.4, -0.2) is 46.8 Å². The van der Waals surface area contributed by atoms with Gasteiger partial charge in [0, 0.05) is 13.0 Å². The van der Waals surface area contributed by atoms with Gasteiger partial charge < -0.3 is 14.4 Å². The van der Waals surface area contributed by atoms with Crippen molar-refractivity contribution >= 4 is 5.82 Å². The third kappa shape index (κ3) is 5.66. The first kappa shape index (κ1) is 25.8. The number of benzene rings is 3. The van der Waals surface area contributed by atoms with Gasteiger partial charge in [0.1, 0.15) is 5.82 Å². The van der Waals surface area contributed by atoms with Gasteiger partial charge in [0.2, 0.25) is 0 Å². The molecule has 194 valence electrons. The Morgan fingerprint density at radius 1 is 0.895 bits per heavy atom. The molecular formula is C33H38N5+. The number of aromatic amines is 1. The summed E-state index contributed by atoms with van der Waals surface area (Å²) in [4.78, 5) is 10.3. The van der Waals surface area contributed by atoms with Gasteiger partial charge in [0.05, 0.1) is 49.7 Å². The molecule has 4 aromatic rings. The average Bonchev–Trinajstić information content (AvgIpc) is 3.52. The van der Waals surface area contributed by atoms with Gasteiger partial charge >= 0.3 is 0 Å². The minimum Gasteiger partial charge on any atom is -0.331 e. The molecular weight excluding hydrogens is 466 g/mol. The van der Waals surface area contributed by atoms with E-state index in [1.54, 1.807) is 6.33 Å². The molecule has 38 heavy (non-hydrogen) atoms. The predicted octanol–water partition coefficient (Wildman–Crippen LogP) is 6.51. The summed E-state index contributed by atoms with van der Waals surface area (Å²) in [6.45, 7) is 6.49. The SMILES string of the molecule is CCN(c1cnc[nH]1)C(Cc1ccc(C#N)cc1)[N+]1(CC(c2ccccc2)c2ccccc2)CCCCC1. The van der Waals surface area contributed by atoms with Gasteiger partial charge in [-0.15, -0.1) is 0 Å². The van der Waals surface area contributed by atoms with E-state index in [4.69, 9.17) is 0 Å². The van der Waals surface area contributed by atoms with Crippen molar-refractivity contribution in [2.24, 2.45) is 0 Å². The molecule has 1 unspecified atom stereocenters. The molecule has 0 radical (unpaired) electrons. The highest BCUT2D eigenvalue weighted by Crippen LogP contribution is 2.36. The third-order valence-electron chi connectivity index (χ3n) is 8.28. The molecule has 0 amide bonds. The molecule has 1 aromatic heterocycles. The zero-order chi connectivity index (χ0) is 26.2. The van der Waals surface area contributed by atoms with Gasteiger partial charge in [-0.3, -0.25) is 0 Å². The number of anilines is 1. The van der Waals surface area contributed by atoms with Gasteiger partial charge in [-0.1, -0.05) is 72.8 Å². The van der Waals surface area contributed by atoms with E-state index in [0.717, 1.165) is 42.9 Å². The molecule has 1 saturated heterocycles. The first-order chi connectivity index (χ1) is 18.7. The lowest BCUT2D eigenvalue weighted by Gasteiger charge is -2.52. The number of hydrogen-bond donors (Lipinski definition) is 1. The van der Waals surface area contributed by atoms with E-state index >= 15 is 0 Å². The maximum absolute atomic E-state index is 9.35. The minimum absolute atomic E-state index is 0.239. The first-order valence-corrected chi connectivity index (χ1v) is 13.9. The van der Waals surface area contributed by atoms with Crippen molar-refractivity contribution in [1.82, 2.24) is 9.97 Å². The highest BCUT2D eigenvalue weighted by molar-refractivity contribution is 5.38. The largest absolute Gasteiger partial charge is 0.331 e. The van der Waals surface area contributed by atoms with Crippen LogP contribution >= 0.6 is 0 Å². The fourth-order valence-electron chi connectivity index (χ4n) is 6.35. The molecule has 1 N–H and O–H groups in total. The van der Waals surface area contributed by atoms with Crippen molar-refractivity contribution in [2.45, 2.75) is 44.7 Å². The Labute approximate surface area is 227 Å². The van der Waals surface area contributed by atoms with Gasteiger partial charge in [0.25, 0.3) is 0 Å². The van der Waals surface area contributed by atoms with E-state index in [1.165, 1.54) is 36.0 Å².